The minimum Gasteiger partial charge on any atom is -0.497 e. The number of hydrogen-bond acceptors (Lipinski definition) is 3. The van der Waals surface area contributed by atoms with Crippen LogP contribution in [0.1, 0.15) is 30.0 Å². The lowest BCUT2D eigenvalue weighted by molar-refractivity contribution is 0.415. The Labute approximate surface area is 119 Å². The van der Waals surface area contributed by atoms with Gasteiger partial charge in [0.1, 0.15) is 5.75 Å². The highest BCUT2D eigenvalue weighted by Crippen LogP contribution is 2.34. The second kappa shape index (κ2) is 5.45. The summed E-state index contributed by atoms with van der Waals surface area (Å²) >= 11 is 0. The van der Waals surface area contributed by atoms with Crippen LogP contribution in [0.2, 0.25) is 0 Å². The molecule has 2 aromatic rings. The summed E-state index contributed by atoms with van der Waals surface area (Å²) in [5.74, 6) is 0.789. The van der Waals surface area contributed by atoms with E-state index >= 15 is 0 Å². The van der Waals surface area contributed by atoms with Crippen molar-refractivity contribution in [1.82, 2.24) is 0 Å². The molecule has 0 spiro atoms. The molecule has 104 valence electrons. The van der Waals surface area contributed by atoms with Gasteiger partial charge in [-0.25, -0.2) is 0 Å². The lowest BCUT2D eigenvalue weighted by Crippen LogP contribution is -2.17. The second-order valence-corrected chi connectivity index (χ2v) is 5.24. The molecule has 1 aliphatic rings. The highest BCUT2D eigenvalue weighted by Gasteiger charge is 2.20. The fraction of sp³-hybridized carbons (Fsp3) is 0.294. The van der Waals surface area contributed by atoms with E-state index in [2.05, 4.69) is 29.6 Å². The smallest absolute Gasteiger partial charge is 0.121 e. The topological polar surface area (TPSA) is 47.3 Å². The largest absolute Gasteiger partial charge is 0.497 e. The second-order valence-electron chi connectivity index (χ2n) is 5.24. The molecule has 2 aromatic carbocycles. The van der Waals surface area contributed by atoms with Crippen molar-refractivity contribution >= 4 is 11.4 Å². The number of nitrogens with two attached hydrogens (primary N) is 1. The highest BCUT2D eigenvalue weighted by molar-refractivity contribution is 5.69. The first-order valence-electron chi connectivity index (χ1n) is 7.06. The van der Waals surface area contributed by atoms with Crippen LogP contribution >= 0.6 is 0 Å². The molecule has 1 aliphatic carbocycles. The molecule has 0 heterocycles. The van der Waals surface area contributed by atoms with Crippen molar-refractivity contribution in [2.75, 3.05) is 18.2 Å². The van der Waals surface area contributed by atoms with Crippen LogP contribution in [0.15, 0.2) is 42.5 Å². The third kappa shape index (κ3) is 2.44. The maximum Gasteiger partial charge on any atom is 0.121 e. The molecule has 0 aromatic heterocycles. The Kier molecular flexibility index (Phi) is 3.50. The van der Waals surface area contributed by atoms with E-state index in [4.69, 9.17) is 10.5 Å². The van der Waals surface area contributed by atoms with Gasteiger partial charge in [-0.3, -0.25) is 0 Å². The van der Waals surface area contributed by atoms with Crippen LogP contribution in [-0.2, 0) is 6.42 Å². The van der Waals surface area contributed by atoms with E-state index in [1.54, 1.807) is 7.11 Å². The number of hydrogen-bond donors (Lipinski definition) is 2. The van der Waals surface area contributed by atoms with Crippen LogP contribution < -0.4 is 15.8 Å². The molecule has 0 aliphatic heterocycles. The van der Waals surface area contributed by atoms with Crippen LogP contribution in [-0.4, -0.2) is 7.11 Å². The van der Waals surface area contributed by atoms with E-state index in [1.807, 2.05) is 18.2 Å². The van der Waals surface area contributed by atoms with Crippen molar-refractivity contribution in [1.29, 1.82) is 0 Å². The van der Waals surface area contributed by atoms with Gasteiger partial charge in [0.15, 0.2) is 0 Å². The van der Waals surface area contributed by atoms with Crippen LogP contribution in [0.3, 0.4) is 0 Å². The summed E-state index contributed by atoms with van der Waals surface area (Å²) in [5, 5.41) is 3.58. The Bertz CT molecular complexity index is 610. The zero-order valence-electron chi connectivity index (χ0n) is 11.7. The zero-order chi connectivity index (χ0) is 13.9. The number of nitrogens with one attached hydrogen (secondary N) is 1. The van der Waals surface area contributed by atoms with Crippen molar-refractivity contribution in [3.8, 4) is 5.75 Å². The van der Waals surface area contributed by atoms with Gasteiger partial charge in [0.25, 0.3) is 0 Å². The van der Waals surface area contributed by atoms with E-state index < -0.39 is 0 Å². The Balaban J connectivity index is 1.85. The molecule has 3 N–H and O–H groups in total. The summed E-state index contributed by atoms with van der Waals surface area (Å²) in [4.78, 5) is 0. The third-order valence-corrected chi connectivity index (χ3v) is 3.96. The molecule has 20 heavy (non-hydrogen) atoms. The molecular formula is C17H20N2O. The van der Waals surface area contributed by atoms with E-state index in [-0.39, 0.29) is 0 Å². The summed E-state index contributed by atoms with van der Waals surface area (Å²) in [6.45, 7) is 0. The van der Waals surface area contributed by atoms with Crippen molar-refractivity contribution in [2.24, 2.45) is 0 Å². The number of methoxy groups -OCH3 is 1. The summed E-state index contributed by atoms with van der Waals surface area (Å²) in [7, 11) is 1.65. The predicted octanol–water partition coefficient (Wildman–Crippen LogP) is 3.77. The zero-order valence-corrected chi connectivity index (χ0v) is 11.7. The van der Waals surface area contributed by atoms with Crippen molar-refractivity contribution in [2.45, 2.75) is 25.3 Å². The monoisotopic (exact) mass is 268 g/mol. The molecule has 1 atom stereocenters. The van der Waals surface area contributed by atoms with Gasteiger partial charge in [-0.1, -0.05) is 24.3 Å². The Morgan fingerprint density at radius 3 is 2.85 bits per heavy atom. The first-order chi connectivity index (χ1) is 9.78. The number of anilines is 2. The molecule has 0 bridgehead atoms. The van der Waals surface area contributed by atoms with Gasteiger partial charge in [-0.05, 0) is 42.5 Å². The molecule has 0 saturated heterocycles. The number of benzene rings is 2. The maximum absolute atomic E-state index is 6.09. The lowest BCUT2D eigenvalue weighted by Gasteiger charge is -2.27. The molecule has 3 nitrogen and oxygen atoms in total. The van der Waals surface area contributed by atoms with Crippen molar-refractivity contribution in [3.05, 3.63) is 53.6 Å². The highest BCUT2D eigenvalue weighted by atomic mass is 16.5. The number of rotatable bonds is 3. The van der Waals surface area contributed by atoms with Crippen LogP contribution in [0.5, 0.6) is 5.75 Å². The number of fused-ring (bicyclic) bond motifs is 1. The quantitative estimate of drug-likeness (QED) is 0.833. The fourth-order valence-electron chi connectivity index (χ4n) is 2.89. The Morgan fingerprint density at radius 2 is 2.05 bits per heavy atom. The van der Waals surface area contributed by atoms with Gasteiger partial charge in [0, 0.05) is 6.07 Å². The maximum atomic E-state index is 6.09. The van der Waals surface area contributed by atoms with Crippen molar-refractivity contribution in [3.63, 3.8) is 0 Å². The van der Waals surface area contributed by atoms with E-state index in [9.17, 15) is 0 Å². The normalized spacial score (nSPS) is 17.4. The van der Waals surface area contributed by atoms with Gasteiger partial charge >= 0.3 is 0 Å². The molecule has 3 heteroatoms. The molecule has 0 amide bonds. The molecular weight excluding hydrogens is 248 g/mol. The van der Waals surface area contributed by atoms with Crippen LogP contribution in [0, 0.1) is 0 Å². The standard InChI is InChI=1S/C17H20N2O/c1-20-13-9-10-17(15(18)11-13)19-16-8-4-6-12-5-2-3-7-14(12)16/h2-3,5,7,9-11,16,19H,4,6,8,18H2,1H3. The number of aryl methyl sites for hydroxylation is 1. The van der Waals surface area contributed by atoms with Crippen molar-refractivity contribution < 1.29 is 4.74 Å². The van der Waals surface area contributed by atoms with Gasteiger partial charge in [-0.15, -0.1) is 0 Å². The summed E-state index contributed by atoms with van der Waals surface area (Å²) < 4.78 is 5.19. The Hall–Kier alpha value is -2.16. The van der Waals surface area contributed by atoms with E-state index in [0.717, 1.165) is 23.5 Å². The molecule has 0 saturated carbocycles. The SMILES string of the molecule is COc1ccc(NC2CCCc3ccccc32)c(N)c1. The summed E-state index contributed by atoms with van der Waals surface area (Å²) in [6.07, 6.45) is 3.53. The first kappa shape index (κ1) is 12.9. The van der Waals surface area contributed by atoms with Crippen LogP contribution in [0.4, 0.5) is 11.4 Å². The minimum absolute atomic E-state index is 0.343. The lowest BCUT2D eigenvalue weighted by atomic mass is 9.87. The third-order valence-electron chi connectivity index (χ3n) is 3.96. The average Bonchev–Trinajstić information content (AvgIpc) is 2.49. The fourth-order valence-corrected chi connectivity index (χ4v) is 2.89. The first-order valence-corrected chi connectivity index (χ1v) is 7.06. The average molecular weight is 268 g/mol. The molecule has 0 fully saturated rings. The summed E-state index contributed by atoms with van der Waals surface area (Å²) in [5.41, 5.74) is 10.6. The van der Waals surface area contributed by atoms with Gasteiger partial charge in [0.2, 0.25) is 0 Å². The predicted molar refractivity (Wildman–Crippen MR) is 83.2 cm³/mol. The minimum atomic E-state index is 0.343. The number of nitrogen functional groups attached to an aromatic ring is 1. The molecule has 1 unspecified atom stereocenters. The van der Waals surface area contributed by atoms with E-state index in [0.29, 0.717) is 6.04 Å². The van der Waals surface area contributed by atoms with Crippen LogP contribution in [0.25, 0.3) is 0 Å². The van der Waals surface area contributed by atoms with Gasteiger partial charge in [0.05, 0.1) is 24.5 Å². The van der Waals surface area contributed by atoms with Gasteiger partial charge < -0.3 is 15.8 Å². The number of ether oxygens (including phenoxy) is 1. The van der Waals surface area contributed by atoms with Gasteiger partial charge in [-0.2, -0.15) is 0 Å². The molecule has 3 rings (SSSR count). The Morgan fingerprint density at radius 1 is 1.20 bits per heavy atom. The molecule has 0 radical (unpaired) electrons. The summed E-state index contributed by atoms with van der Waals surface area (Å²) in [6, 6.07) is 14.8. The van der Waals surface area contributed by atoms with E-state index in [1.165, 1.54) is 24.0 Å².